The molecule has 0 saturated carbocycles. The first-order valence-electron chi connectivity index (χ1n) is 5.94. The summed E-state index contributed by atoms with van der Waals surface area (Å²) in [6.07, 6.45) is 2.00. The van der Waals surface area contributed by atoms with Gasteiger partial charge in [-0.3, -0.25) is 4.40 Å². The molecule has 0 aliphatic heterocycles. The average Bonchev–Trinajstić information content (AvgIpc) is 2.97. The number of nitrogens with zero attached hydrogens (tertiary/aromatic N) is 2. The molecule has 3 aromatic rings. The van der Waals surface area contributed by atoms with Crippen molar-refractivity contribution in [1.29, 1.82) is 0 Å². The summed E-state index contributed by atoms with van der Waals surface area (Å²) in [4.78, 5) is 5.50. The molecule has 0 amide bonds. The first-order valence-corrected chi connectivity index (χ1v) is 6.82. The number of imidazole rings is 1. The van der Waals surface area contributed by atoms with Crippen molar-refractivity contribution < 1.29 is 4.39 Å². The summed E-state index contributed by atoms with van der Waals surface area (Å²) in [6.45, 7) is 6.02. The van der Waals surface area contributed by atoms with Gasteiger partial charge >= 0.3 is 0 Å². The smallest absolute Gasteiger partial charge is 0.194 e. The van der Waals surface area contributed by atoms with Crippen molar-refractivity contribution in [3.05, 3.63) is 47.4 Å². The fourth-order valence-corrected chi connectivity index (χ4v) is 2.54. The van der Waals surface area contributed by atoms with Crippen molar-refractivity contribution in [2.75, 3.05) is 0 Å². The highest BCUT2D eigenvalue weighted by atomic mass is 32.1. The summed E-state index contributed by atoms with van der Waals surface area (Å²) in [6, 6.07) is 6.44. The SMILES string of the molecule is CC.Cc1c(-c2ccc(F)cc2)nc2sccn12. The highest BCUT2D eigenvalue weighted by molar-refractivity contribution is 7.15. The zero-order valence-electron chi connectivity index (χ0n) is 10.6. The molecule has 0 aliphatic rings. The van der Waals surface area contributed by atoms with Crippen molar-refractivity contribution in [3.63, 3.8) is 0 Å². The Morgan fingerprint density at radius 1 is 1.17 bits per heavy atom. The Bertz CT molecular complexity index is 637. The maximum atomic E-state index is 12.8. The molecule has 2 aromatic heterocycles. The molecule has 2 nitrogen and oxygen atoms in total. The van der Waals surface area contributed by atoms with E-state index in [9.17, 15) is 4.39 Å². The van der Waals surface area contributed by atoms with E-state index in [2.05, 4.69) is 4.98 Å². The molecule has 0 N–H and O–H groups in total. The Morgan fingerprint density at radius 3 is 2.44 bits per heavy atom. The van der Waals surface area contributed by atoms with Crippen LogP contribution in [0.5, 0.6) is 0 Å². The number of aromatic nitrogens is 2. The second-order valence-corrected chi connectivity index (χ2v) is 4.48. The van der Waals surface area contributed by atoms with Gasteiger partial charge in [-0.2, -0.15) is 0 Å². The molecule has 1 aromatic carbocycles. The summed E-state index contributed by atoms with van der Waals surface area (Å²) >= 11 is 1.60. The lowest BCUT2D eigenvalue weighted by molar-refractivity contribution is 0.628. The first kappa shape index (κ1) is 12.8. The summed E-state index contributed by atoms with van der Waals surface area (Å²) in [5.74, 6) is -0.220. The molecule has 0 radical (unpaired) electrons. The minimum atomic E-state index is -0.220. The van der Waals surface area contributed by atoms with E-state index in [-0.39, 0.29) is 5.82 Å². The normalized spacial score (nSPS) is 10.2. The molecule has 0 fully saturated rings. The van der Waals surface area contributed by atoms with E-state index in [1.165, 1.54) is 12.1 Å². The van der Waals surface area contributed by atoms with Crippen LogP contribution >= 0.6 is 11.3 Å². The summed E-state index contributed by atoms with van der Waals surface area (Å²) < 4.78 is 14.9. The standard InChI is InChI=1S/C12H9FN2S.C2H6/c1-8-11(9-2-4-10(13)5-3-9)14-12-15(8)6-7-16-12;1-2/h2-7H,1H3;1-2H3. The Labute approximate surface area is 110 Å². The Hall–Kier alpha value is -1.68. The van der Waals surface area contributed by atoms with Gasteiger partial charge in [-0.1, -0.05) is 13.8 Å². The first-order chi connectivity index (χ1) is 8.75. The van der Waals surface area contributed by atoms with Crippen LogP contribution < -0.4 is 0 Å². The van der Waals surface area contributed by atoms with E-state index in [0.717, 1.165) is 21.9 Å². The minimum absolute atomic E-state index is 0.220. The number of aryl methyl sites for hydroxylation is 1. The summed E-state index contributed by atoms with van der Waals surface area (Å²) in [7, 11) is 0. The van der Waals surface area contributed by atoms with Gasteiger partial charge in [0.2, 0.25) is 0 Å². The maximum absolute atomic E-state index is 12.8. The number of hydrogen-bond donors (Lipinski definition) is 0. The molecular formula is C14H15FN2S. The van der Waals surface area contributed by atoms with E-state index in [4.69, 9.17) is 0 Å². The zero-order chi connectivity index (χ0) is 13.1. The van der Waals surface area contributed by atoms with Gasteiger partial charge < -0.3 is 0 Å². The molecule has 0 unspecified atom stereocenters. The molecular weight excluding hydrogens is 247 g/mol. The van der Waals surface area contributed by atoms with E-state index >= 15 is 0 Å². The highest BCUT2D eigenvalue weighted by Gasteiger charge is 2.10. The Kier molecular flexibility index (Phi) is 3.77. The fourth-order valence-electron chi connectivity index (χ4n) is 1.78. The van der Waals surface area contributed by atoms with E-state index < -0.39 is 0 Å². The summed E-state index contributed by atoms with van der Waals surface area (Å²) in [5.41, 5.74) is 2.96. The quantitative estimate of drug-likeness (QED) is 0.629. The second kappa shape index (κ2) is 5.31. The number of rotatable bonds is 1. The van der Waals surface area contributed by atoms with Crippen LogP contribution in [-0.2, 0) is 0 Å². The van der Waals surface area contributed by atoms with Crippen molar-refractivity contribution in [2.24, 2.45) is 0 Å². The third-order valence-corrected chi connectivity index (χ3v) is 3.38. The largest absolute Gasteiger partial charge is 0.294 e. The highest BCUT2D eigenvalue weighted by Crippen LogP contribution is 2.25. The average molecular weight is 262 g/mol. The molecule has 0 atom stereocenters. The van der Waals surface area contributed by atoms with Crippen LogP contribution in [0.15, 0.2) is 35.8 Å². The lowest BCUT2D eigenvalue weighted by atomic mass is 10.1. The lowest BCUT2D eigenvalue weighted by Crippen LogP contribution is -1.84. The molecule has 18 heavy (non-hydrogen) atoms. The van der Waals surface area contributed by atoms with Crippen molar-refractivity contribution in [2.45, 2.75) is 20.8 Å². The number of thiazole rings is 1. The van der Waals surface area contributed by atoms with Crippen LogP contribution in [0.2, 0.25) is 0 Å². The van der Waals surface area contributed by atoms with Gasteiger partial charge in [0, 0.05) is 22.8 Å². The number of hydrogen-bond acceptors (Lipinski definition) is 2. The van der Waals surface area contributed by atoms with Crippen LogP contribution in [0.3, 0.4) is 0 Å². The predicted octanol–water partition coefficient (Wildman–Crippen LogP) is 4.54. The Morgan fingerprint density at radius 2 is 1.83 bits per heavy atom. The third-order valence-electron chi connectivity index (χ3n) is 2.62. The Balaban J connectivity index is 0.000000574. The van der Waals surface area contributed by atoms with Gasteiger partial charge in [-0.05, 0) is 31.2 Å². The van der Waals surface area contributed by atoms with Crippen molar-refractivity contribution in [1.82, 2.24) is 9.38 Å². The molecule has 0 spiro atoms. The van der Waals surface area contributed by atoms with Gasteiger partial charge in [0.05, 0.1) is 5.69 Å². The maximum Gasteiger partial charge on any atom is 0.194 e. The topological polar surface area (TPSA) is 17.3 Å². The summed E-state index contributed by atoms with van der Waals surface area (Å²) in [5, 5.41) is 2.00. The van der Waals surface area contributed by atoms with E-state index in [0.29, 0.717) is 0 Å². The molecule has 3 rings (SSSR count). The molecule has 0 bridgehead atoms. The van der Waals surface area contributed by atoms with Crippen LogP contribution in [0.25, 0.3) is 16.2 Å². The van der Waals surface area contributed by atoms with Gasteiger partial charge in [0.25, 0.3) is 0 Å². The van der Waals surface area contributed by atoms with E-state index in [1.54, 1.807) is 23.5 Å². The number of benzene rings is 1. The fraction of sp³-hybridized carbons (Fsp3) is 0.214. The third kappa shape index (κ3) is 2.16. The van der Waals surface area contributed by atoms with Gasteiger partial charge in [0.1, 0.15) is 5.82 Å². The van der Waals surface area contributed by atoms with Crippen LogP contribution in [0.1, 0.15) is 19.5 Å². The number of fused-ring (bicyclic) bond motifs is 1. The van der Waals surface area contributed by atoms with Gasteiger partial charge in [0.15, 0.2) is 4.96 Å². The van der Waals surface area contributed by atoms with Crippen molar-refractivity contribution in [3.8, 4) is 11.3 Å². The minimum Gasteiger partial charge on any atom is -0.294 e. The van der Waals surface area contributed by atoms with Gasteiger partial charge in [-0.15, -0.1) is 11.3 Å². The van der Waals surface area contributed by atoms with Crippen LogP contribution in [0.4, 0.5) is 4.39 Å². The molecule has 4 heteroatoms. The van der Waals surface area contributed by atoms with Gasteiger partial charge in [-0.25, -0.2) is 9.37 Å². The van der Waals surface area contributed by atoms with Crippen LogP contribution in [-0.4, -0.2) is 9.38 Å². The molecule has 2 heterocycles. The van der Waals surface area contributed by atoms with E-state index in [1.807, 2.05) is 36.7 Å². The monoisotopic (exact) mass is 262 g/mol. The number of halogens is 1. The molecule has 94 valence electrons. The van der Waals surface area contributed by atoms with Crippen molar-refractivity contribution >= 4 is 16.3 Å². The second-order valence-electron chi connectivity index (χ2n) is 3.61. The lowest BCUT2D eigenvalue weighted by Gasteiger charge is -1.98. The molecule has 0 saturated heterocycles. The molecule has 0 aliphatic carbocycles. The zero-order valence-corrected chi connectivity index (χ0v) is 11.5. The predicted molar refractivity (Wildman–Crippen MR) is 74.5 cm³/mol. The van der Waals surface area contributed by atoms with Crippen LogP contribution in [0, 0.1) is 12.7 Å².